The molecule has 0 amide bonds. The van der Waals surface area contributed by atoms with Crippen LogP contribution >= 0.6 is 0 Å². The average Bonchev–Trinajstić information content (AvgIpc) is 2.08. The molecule has 0 bridgehead atoms. The van der Waals surface area contributed by atoms with Gasteiger partial charge in [0.25, 0.3) is 0 Å². The summed E-state index contributed by atoms with van der Waals surface area (Å²) in [5, 5.41) is 0. The van der Waals surface area contributed by atoms with Crippen LogP contribution < -0.4 is 4.90 Å². The normalized spacial score (nSPS) is 13.1. The maximum atomic E-state index is 2.49. The summed E-state index contributed by atoms with van der Waals surface area (Å²) < 4.78 is 0. The molecule has 0 aliphatic rings. The summed E-state index contributed by atoms with van der Waals surface area (Å²) >= 11 is 0. The monoisotopic (exact) mass is 258 g/mol. The lowest BCUT2D eigenvalue weighted by Crippen LogP contribution is -3.13. The molecule has 0 saturated heterocycles. The van der Waals surface area contributed by atoms with Crippen molar-refractivity contribution >= 4 is 8.07 Å². The van der Waals surface area contributed by atoms with Gasteiger partial charge in [-0.05, 0) is 6.42 Å². The van der Waals surface area contributed by atoms with E-state index in [0.717, 1.165) is 11.8 Å². The van der Waals surface area contributed by atoms with Crippen LogP contribution in [0.2, 0.25) is 25.7 Å². The summed E-state index contributed by atoms with van der Waals surface area (Å²) in [6, 6.07) is 1.50. The molecule has 17 heavy (non-hydrogen) atoms. The first kappa shape index (κ1) is 17.2. The molecule has 0 aliphatic carbocycles. The van der Waals surface area contributed by atoms with Crippen LogP contribution in [0.5, 0.6) is 0 Å². The summed E-state index contributed by atoms with van der Waals surface area (Å²) in [5.41, 5.74) is 0. The van der Waals surface area contributed by atoms with E-state index < -0.39 is 8.07 Å². The van der Waals surface area contributed by atoms with E-state index in [4.69, 9.17) is 0 Å². The molecule has 0 spiro atoms. The third-order valence-electron chi connectivity index (χ3n) is 3.10. The van der Waals surface area contributed by atoms with Gasteiger partial charge in [-0.2, -0.15) is 0 Å². The fraction of sp³-hybridized carbons (Fsp3) is 1.00. The van der Waals surface area contributed by atoms with Gasteiger partial charge in [-0.3, -0.25) is 0 Å². The molecule has 0 aromatic carbocycles. The first-order chi connectivity index (χ1) is 7.70. The summed E-state index contributed by atoms with van der Waals surface area (Å²) in [6.45, 7) is 21.0. The van der Waals surface area contributed by atoms with E-state index in [2.05, 4.69) is 47.3 Å². The van der Waals surface area contributed by atoms with Crippen molar-refractivity contribution in [2.24, 2.45) is 11.8 Å². The van der Waals surface area contributed by atoms with Crippen LogP contribution in [0, 0.1) is 11.8 Å². The molecule has 1 N–H and O–H groups in total. The van der Waals surface area contributed by atoms with Crippen molar-refractivity contribution in [2.75, 3.05) is 19.6 Å². The van der Waals surface area contributed by atoms with E-state index in [9.17, 15) is 0 Å². The van der Waals surface area contributed by atoms with Crippen LogP contribution in [-0.4, -0.2) is 27.7 Å². The second-order valence-corrected chi connectivity index (χ2v) is 13.3. The largest absolute Gasteiger partial charge is 0.335 e. The van der Waals surface area contributed by atoms with E-state index >= 15 is 0 Å². The minimum Gasteiger partial charge on any atom is -0.335 e. The van der Waals surface area contributed by atoms with Gasteiger partial charge in [-0.25, -0.2) is 0 Å². The van der Waals surface area contributed by atoms with Crippen LogP contribution in [-0.2, 0) is 0 Å². The maximum absolute atomic E-state index is 2.49. The van der Waals surface area contributed by atoms with Crippen LogP contribution in [0.15, 0.2) is 0 Å². The van der Waals surface area contributed by atoms with Crippen molar-refractivity contribution in [1.29, 1.82) is 0 Å². The molecule has 0 rings (SSSR count). The minimum atomic E-state index is -0.803. The summed E-state index contributed by atoms with van der Waals surface area (Å²) in [5.74, 6) is 1.67. The predicted molar refractivity (Wildman–Crippen MR) is 82.6 cm³/mol. The lowest BCUT2D eigenvalue weighted by atomic mass is 10.1. The topological polar surface area (TPSA) is 4.44 Å². The number of quaternary nitrogens is 1. The Morgan fingerprint density at radius 2 is 1.29 bits per heavy atom. The smallest absolute Gasteiger partial charge is 0.0794 e. The lowest BCUT2D eigenvalue weighted by molar-refractivity contribution is -0.906. The van der Waals surface area contributed by atoms with Crippen molar-refractivity contribution in [3.05, 3.63) is 0 Å². The number of hydrogen-bond donors (Lipinski definition) is 1. The zero-order chi connectivity index (χ0) is 13.5. The zero-order valence-electron chi connectivity index (χ0n) is 13.4. The molecule has 1 nitrogen and oxygen atoms in total. The molecule has 104 valence electrons. The molecular formula is C15H36NSi+. The van der Waals surface area contributed by atoms with Crippen molar-refractivity contribution in [3.8, 4) is 0 Å². The lowest BCUT2D eigenvalue weighted by Gasteiger charge is -2.24. The van der Waals surface area contributed by atoms with Crippen LogP contribution in [0.3, 0.4) is 0 Å². The van der Waals surface area contributed by atoms with E-state index in [0.29, 0.717) is 0 Å². The van der Waals surface area contributed by atoms with Gasteiger partial charge in [0.05, 0.1) is 19.6 Å². The van der Waals surface area contributed by atoms with E-state index in [-0.39, 0.29) is 0 Å². The fourth-order valence-corrected chi connectivity index (χ4v) is 3.78. The Kier molecular flexibility index (Phi) is 8.40. The molecule has 0 saturated carbocycles. The molecule has 0 aromatic rings. The zero-order valence-corrected chi connectivity index (χ0v) is 14.4. The third kappa shape index (κ3) is 12.4. The van der Waals surface area contributed by atoms with Gasteiger partial charge < -0.3 is 4.90 Å². The number of rotatable bonds is 9. The van der Waals surface area contributed by atoms with Gasteiger partial charge in [0.1, 0.15) is 0 Å². The van der Waals surface area contributed by atoms with Gasteiger partial charge in [-0.1, -0.05) is 59.8 Å². The highest BCUT2D eigenvalue weighted by Crippen LogP contribution is 2.11. The summed E-state index contributed by atoms with van der Waals surface area (Å²) in [4.78, 5) is 1.82. The molecule has 0 aliphatic heterocycles. The standard InChI is InChI=1S/C15H35NSi/c1-14(2)12-16(13-15(3)4)10-8-9-11-17(5,6)7/h14-15H,8-13H2,1-7H3/p+1. The van der Waals surface area contributed by atoms with Gasteiger partial charge in [0.2, 0.25) is 0 Å². The summed E-state index contributed by atoms with van der Waals surface area (Å²) in [6.07, 6.45) is 2.88. The Labute approximate surface area is 111 Å². The summed E-state index contributed by atoms with van der Waals surface area (Å²) in [7, 11) is -0.803. The number of nitrogens with one attached hydrogen (secondary N) is 1. The number of unbranched alkanes of at least 4 members (excludes halogenated alkanes) is 1. The molecule has 0 fully saturated rings. The SMILES string of the molecule is CC(C)C[NH+](CCCC[Si](C)(C)C)CC(C)C. The highest BCUT2D eigenvalue weighted by molar-refractivity contribution is 6.76. The Balaban J connectivity index is 3.83. The van der Waals surface area contributed by atoms with Crippen molar-refractivity contribution in [1.82, 2.24) is 0 Å². The quantitative estimate of drug-likeness (QED) is 0.478. The maximum Gasteiger partial charge on any atom is 0.0794 e. The van der Waals surface area contributed by atoms with E-state index in [1.807, 2.05) is 4.90 Å². The molecule has 2 heteroatoms. The Morgan fingerprint density at radius 1 is 0.824 bits per heavy atom. The Morgan fingerprint density at radius 3 is 1.65 bits per heavy atom. The first-order valence-electron chi connectivity index (χ1n) is 7.54. The van der Waals surface area contributed by atoms with Gasteiger partial charge in [0, 0.05) is 19.9 Å². The Bertz CT molecular complexity index is 172. The number of hydrogen-bond acceptors (Lipinski definition) is 0. The van der Waals surface area contributed by atoms with Crippen molar-refractivity contribution < 1.29 is 4.90 Å². The molecule has 0 radical (unpaired) electrons. The van der Waals surface area contributed by atoms with Gasteiger partial charge >= 0.3 is 0 Å². The first-order valence-corrected chi connectivity index (χ1v) is 11.2. The molecule has 0 atom stereocenters. The molecular weight excluding hydrogens is 222 g/mol. The van der Waals surface area contributed by atoms with Crippen molar-refractivity contribution in [3.63, 3.8) is 0 Å². The second-order valence-electron chi connectivity index (χ2n) is 7.71. The highest BCUT2D eigenvalue weighted by Gasteiger charge is 2.15. The van der Waals surface area contributed by atoms with Crippen LogP contribution in [0.4, 0.5) is 0 Å². The highest BCUT2D eigenvalue weighted by atomic mass is 28.3. The van der Waals surface area contributed by atoms with E-state index in [1.54, 1.807) is 0 Å². The predicted octanol–water partition coefficient (Wildman–Crippen LogP) is 3.30. The third-order valence-corrected chi connectivity index (χ3v) is 4.95. The van der Waals surface area contributed by atoms with Crippen LogP contribution in [0.25, 0.3) is 0 Å². The molecule has 0 unspecified atom stereocenters. The Hall–Kier alpha value is 0.177. The fourth-order valence-electron chi connectivity index (χ4n) is 2.47. The molecule has 0 heterocycles. The second kappa shape index (κ2) is 8.31. The van der Waals surface area contributed by atoms with Gasteiger partial charge in [0.15, 0.2) is 0 Å². The van der Waals surface area contributed by atoms with E-state index in [1.165, 1.54) is 38.5 Å². The molecule has 0 aromatic heterocycles. The van der Waals surface area contributed by atoms with Crippen molar-refractivity contribution in [2.45, 2.75) is 66.2 Å². The van der Waals surface area contributed by atoms with Crippen LogP contribution in [0.1, 0.15) is 40.5 Å². The minimum absolute atomic E-state index is 0.803. The average molecular weight is 259 g/mol. The van der Waals surface area contributed by atoms with Gasteiger partial charge in [-0.15, -0.1) is 0 Å².